The third-order valence-corrected chi connectivity index (χ3v) is 3.36. The summed E-state index contributed by atoms with van der Waals surface area (Å²) in [5, 5.41) is 3.42. The molecule has 3 nitrogen and oxygen atoms in total. The summed E-state index contributed by atoms with van der Waals surface area (Å²) in [4.78, 5) is 0. The summed E-state index contributed by atoms with van der Waals surface area (Å²) in [6.07, 6.45) is 0. The highest BCUT2D eigenvalue weighted by Crippen LogP contribution is 2.25. The number of anilines is 2. The van der Waals surface area contributed by atoms with Crippen molar-refractivity contribution >= 4 is 23.1 Å². The Morgan fingerprint density at radius 3 is 2.88 bits per heavy atom. The van der Waals surface area contributed by atoms with E-state index in [1.54, 1.807) is 7.11 Å². The molecule has 0 saturated carbocycles. The molecule has 1 aromatic rings. The van der Waals surface area contributed by atoms with Gasteiger partial charge in [-0.25, -0.2) is 0 Å². The molecule has 0 aliphatic carbocycles. The maximum Gasteiger partial charge on any atom is 0.143 e. The number of benzene rings is 1. The zero-order chi connectivity index (χ0) is 12.0. The number of thioether (sulfide) groups is 1. The summed E-state index contributed by atoms with van der Waals surface area (Å²) in [5.41, 5.74) is 7.48. The Labute approximate surface area is 102 Å². The van der Waals surface area contributed by atoms with Crippen molar-refractivity contribution in [1.82, 2.24) is 0 Å². The zero-order valence-electron chi connectivity index (χ0n) is 10.1. The quantitative estimate of drug-likeness (QED) is 0.751. The second-order valence-electron chi connectivity index (χ2n) is 3.66. The van der Waals surface area contributed by atoms with Crippen molar-refractivity contribution in [3.05, 3.63) is 18.2 Å². The predicted octanol–water partition coefficient (Wildman–Crippen LogP) is 2.83. The molecule has 0 heterocycles. The van der Waals surface area contributed by atoms with E-state index in [0.717, 1.165) is 22.9 Å². The molecule has 1 atom stereocenters. The minimum atomic E-state index is 0.443. The molecule has 0 amide bonds. The number of nitrogen functional groups attached to an aromatic ring is 1. The molecule has 1 rings (SSSR count). The fourth-order valence-electron chi connectivity index (χ4n) is 1.42. The number of methoxy groups -OCH3 is 1. The van der Waals surface area contributed by atoms with Gasteiger partial charge in [0.25, 0.3) is 0 Å². The van der Waals surface area contributed by atoms with Crippen molar-refractivity contribution in [2.75, 3.05) is 29.7 Å². The van der Waals surface area contributed by atoms with Crippen LogP contribution in [0.3, 0.4) is 0 Å². The summed E-state index contributed by atoms with van der Waals surface area (Å²) in [5.74, 6) is 2.97. The van der Waals surface area contributed by atoms with Crippen LogP contribution >= 0.6 is 11.8 Å². The van der Waals surface area contributed by atoms with Crippen LogP contribution in [0.15, 0.2) is 18.2 Å². The Kier molecular flexibility index (Phi) is 5.32. The summed E-state index contributed by atoms with van der Waals surface area (Å²) in [6.45, 7) is 4.34. The number of rotatable bonds is 6. The number of ether oxygens (including phenoxy) is 1. The topological polar surface area (TPSA) is 47.3 Å². The van der Waals surface area contributed by atoms with Gasteiger partial charge >= 0.3 is 0 Å². The predicted molar refractivity (Wildman–Crippen MR) is 73.5 cm³/mol. The van der Waals surface area contributed by atoms with Gasteiger partial charge in [0.2, 0.25) is 0 Å². The largest absolute Gasteiger partial charge is 0.495 e. The van der Waals surface area contributed by atoms with Gasteiger partial charge < -0.3 is 15.8 Å². The second-order valence-corrected chi connectivity index (χ2v) is 4.98. The first-order valence-electron chi connectivity index (χ1n) is 5.45. The molecule has 0 fully saturated rings. The van der Waals surface area contributed by atoms with Gasteiger partial charge in [0.15, 0.2) is 0 Å². The molecule has 16 heavy (non-hydrogen) atoms. The molecular weight excluding hydrogens is 220 g/mol. The van der Waals surface area contributed by atoms with Crippen LogP contribution in [0, 0.1) is 0 Å². The van der Waals surface area contributed by atoms with Gasteiger partial charge in [-0.15, -0.1) is 0 Å². The van der Waals surface area contributed by atoms with Crippen LogP contribution < -0.4 is 15.8 Å². The smallest absolute Gasteiger partial charge is 0.143 e. The summed E-state index contributed by atoms with van der Waals surface area (Å²) < 4.78 is 5.18. The molecule has 0 radical (unpaired) electrons. The number of hydrogen-bond donors (Lipinski definition) is 2. The van der Waals surface area contributed by atoms with E-state index in [1.165, 1.54) is 0 Å². The lowest BCUT2D eigenvalue weighted by Gasteiger charge is -2.15. The van der Waals surface area contributed by atoms with Gasteiger partial charge in [0.1, 0.15) is 5.75 Å². The lowest BCUT2D eigenvalue weighted by atomic mass is 10.2. The zero-order valence-corrected chi connectivity index (χ0v) is 10.9. The Morgan fingerprint density at radius 2 is 2.25 bits per heavy atom. The van der Waals surface area contributed by atoms with Gasteiger partial charge in [-0.2, -0.15) is 11.8 Å². The molecular formula is C12H20N2OS. The molecule has 1 aromatic carbocycles. The summed E-state index contributed by atoms with van der Waals surface area (Å²) in [6, 6.07) is 6.21. The van der Waals surface area contributed by atoms with Crippen molar-refractivity contribution in [2.24, 2.45) is 0 Å². The van der Waals surface area contributed by atoms with E-state index < -0.39 is 0 Å². The van der Waals surface area contributed by atoms with Crippen LogP contribution in [0.2, 0.25) is 0 Å². The Bertz CT molecular complexity index is 331. The standard InChI is InChI=1S/C12H20N2OS/c1-4-16-8-9(2)14-10-5-6-11(13)12(7-10)15-3/h5-7,9,14H,4,8,13H2,1-3H3. The van der Waals surface area contributed by atoms with Crippen molar-refractivity contribution in [3.63, 3.8) is 0 Å². The SMILES string of the molecule is CCSCC(C)Nc1ccc(N)c(OC)c1. The van der Waals surface area contributed by atoms with E-state index >= 15 is 0 Å². The van der Waals surface area contributed by atoms with Gasteiger partial charge in [0.05, 0.1) is 12.8 Å². The maximum atomic E-state index is 5.75. The van der Waals surface area contributed by atoms with E-state index in [-0.39, 0.29) is 0 Å². The van der Waals surface area contributed by atoms with Gasteiger partial charge in [-0.05, 0) is 24.8 Å². The fourth-order valence-corrected chi connectivity index (χ4v) is 2.09. The normalized spacial score (nSPS) is 12.2. The lowest BCUT2D eigenvalue weighted by molar-refractivity contribution is 0.417. The lowest BCUT2D eigenvalue weighted by Crippen LogP contribution is -2.18. The molecule has 0 spiro atoms. The third kappa shape index (κ3) is 3.85. The fraction of sp³-hybridized carbons (Fsp3) is 0.500. The summed E-state index contributed by atoms with van der Waals surface area (Å²) >= 11 is 1.93. The summed E-state index contributed by atoms with van der Waals surface area (Å²) in [7, 11) is 1.63. The highest BCUT2D eigenvalue weighted by Gasteiger charge is 2.04. The number of hydrogen-bond acceptors (Lipinski definition) is 4. The van der Waals surface area contributed by atoms with Gasteiger partial charge in [-0.1, -0.05) is 6.92 Å². The second kappa shape index (κ2) is 6.53. The Morgan fingerprint density at radius 1 is 1.50 bits per heavy atom. The molecule has 90 valence electrons. The van der Waals surface area contributed by atoms with Crippen molar-refractivity contribution in [2.45, 2.75) is 19.9 Å². The first kappa shape index (κ1) is 13.0. The van der Waals surface area contributed by atoms with E-state index in [0.29, 0.717) is 11.7 Å². The first-order chi connectivity index (χ1) is 7.67. The van der Waals surface area contributed by atoms with Crippen molar-refractivity contribution < 1.29 is 4.74 Å². The maximum absolute atomic E-state index is 5.75. The molecule has 3 N–H and O–H groups in total. The Hall–Kier alpha value is -1.03. The molecule has 0 aliphatic rings. The number of nitrogens with two attached hydrogens (primary N) is 1. The van der Waals surface area contributed by atoms with Crippen molar-refractivity contribution in [1.29, 1.82) is 0 Å². The van der Waals surface area contributed by atoms with Gasteiger partial charge in [-0.3, -0.25) is 0 Å². The van der Waals surface area contributed by atoms with Crippen LogP contribution in [-0.4, -0.2) is 24.7 Å². The van der Waals surface area contributed by atoms with Gasteiger partial charge in [0, 0.05) is 23.5 Å². The van der Waals surface area contributed by atoms with Crippen LogP contribution in [0.5, 0.6) is 5.75 Å². The van der Waals surface area contributed by atoms with Crippen LogP contribution in [-0.2, 0) is 0 Å². The van der Waals surface area contributed by atoms with E-state index in [1.807, 2.05) is 30.0 Å². The molecule has 0 bridgehead atoms. The van der Waals surface area contributed by atoms with Crippen LogP contribution in [0.25, 0.3) is 0 Å². The monoisotopic (exact) mass is 240 g/mol. The molecule has 4 heteroatoms. The van der Waals surface area contributed by atoms with E-state index in [4.69, 9.17) is 10.5 Å². The minimum Gasteiger partial charge on any atom is -0.495 e. The number of nitrogens with one attached hydrogen (secondary N) is 1. The molecule has 0 saturated heterocycles. The first-order valence-corrected chi connectivity index (χ1v) is 6.60. The van der Waals surface area contributed by atoms with Crippen LogP contribution in [0.1, 0.15) is 13.8 Å². The van der Waals surface area contributed by atoms with E-state index in [2.05, 4.69) is 19.2 Å². The molecule has 0 aliphatic heterocycles. The molecule has 0 aromatic heterocycles. The third-order valence-electron chi connectivity index (χ3n) is 2.22. The van der Waals surface area contributed by atoms with Crippen LogP contribution in [0.4, 0.5) is 11.4 Å². The highest BCUT2D eigenvalue weighted by atomic mass is 32.2. The Balaban J connectivity index is 2.59. The average Bonchev–Trinajstić information content (AvgIpc) is 2.29. The van der Waals surface area contributed by atoms with E-state index in [9.17, 15) is 0 Å². The minimum absolute atomic E-state index is 0.443. The molecule has 1 unspecified atom stereocenters. The van der Waals surface area contributed by atoms with Crippen molar-refractivity contribution in [3.8, 4) is 5.75 Å². The average molecular weight is 240 g/mol. The highest BCUT2D eigenvalue weighted by molar-refractivity contribution is 7.99.